The summed E-state index contributed by atoms with van der Waals surface area (Å²) in [6, 6.07) is 17.7. The third-order valence-corrected chi connectivity index (χ3v) is 6.11. The highest BCUT2D eigenvalue weighted by Gasteiger charge is 2.30. The summed E-state index contributed by atoms with van der Waals surface area (Å²) in [4.78, 5) is 12.9. The Morgan fingerprint density at radius 2 is 1.89 bits per heavy atom. The van der Waals surface area contributed by atoms with Crippen LogP contribution in [0.1, 0.15) is 30.6 Å². The number of hydrogen-bond acceptors (Lipinski definition) is 4. The Labute approximate surface area is 173 Å². The number of rotatable bonds is 7. The van der Waals surface area contributed by atoms with Gasteiger partial charge in [0.05, 0.1) is 0 Å². The molecule has 0 aliphatic heterocycles. The Morgan fingerprint density at radius 3 is 2.54 bits per heavy atom. The van der Waals surface area contributed by atoms with Crippen molar-refractivity contribution in [3.8, 4) is 11.4 Å². The maximum atomic E-state index is 12.9. The van der Waals surface area contributed by atoms with E-state index in [-0.39, 0.29) is 11.2 Å². The third kappa shape index (κ3) is 4.23. The average Bonchev–Trinajstić information content (AvgIpc) is 3.44. The van der Waals surface area contributed by atoms with E-state index in [1.54, 1.807) is 0 Å². The van der Waals surface area contributed by atoms with Crippen LogP contribution in [0.2, 0.25) is 5.02 Å². The van der Waals surface area contributed by atoms with E-state index in [2.05, 4.69) is 22.4 Å². The molecule has 1 saturated carbocycles. The second kappa shape index (κ2) is 8.37. The van der Waals surface area contributed by atoms with Crippen LogP contribution in [0.15, 0.2) is 59.8 Å². The molecule has 0 spiro atoms. The second-order valence-corrected chi connectivity index (χ2v) is 8.26. The second-order valence-electron chi connectivity index (χ2n) is 6.75. The van der Waals surface area contributed by atoms with E-state index < -0.39 is 0 Å². The smallest absolute Gasteiger partial charge is 0.238 e. The largest absolute Gasteiger partial charge is 0.352 e. The topological polar surface area (TPSA) is 59.8 Å². The van der Waals surface area contributed by atoms with E-state index in [9.17, 15) is 4.79 Å². The van der Waals surface area contributed by atoms with Gasteiger partial charge in [0, 0.05) is 23.2 Å². The van der Waals surface area contributed by atoms with Crippen molar-refractivity contribution in [2.24, 2.45) is 0 Å². The normalized spacial score (nSPS) is 14.6. The fourth-order valence-electron chi connectivity index (χ4n) is 2.98. The molecule has 5 nitrogen and oxygen atoms in total. The highest BCUT2D eigenvalue weighted by atomic mass is 35.5. The molecule has 1 aromatic heterocycles. The Balaban J connectivity index is 1.64. The number of hydrogen-bond donors (Lipinski definition) is 1. The molecule has 0 bridgehead atoms. The van der Waals surface area contributed by atoms with Crippen molar-refractivity contribution >= 4 is 29.3 Å². The number of thioether (sulfide) groups is 1. The first kappa shape index (κ1) is 19.0. The molecule has 2 aromatic carbocycles. The van der Waals surface area contributed by atoms with Crippen LogP contribution in [0.25, 0.3) is 11.4 Å². The van der Waals surface area contributed by atoms with Crippen molar-refractivity contribution in [2.45, 2.75) is 42.8 Å². The molecule has 1 fully saturated rings. The molecule has 1 heterocycles. The molecule has 1 aliphatic rings. The number of benzene rings is 2. The molecule has 1 atom stereocenters. The minimum Gasteiger partial charge on any atom is -0.352 e. The number of carbonyl (C=O) groups is 1. The van der Waals surface area contributed by atoms with E-state index in [4.69, 9.17) is 11.6 Å². The summed E-state index contributed by atoms with van der Waals surface area (Å²) in [6.45, 7) is 2.76. The molecular formula is C21H21ClN4OS. The lowest BCUT2D eigenvalue weighted by Gasteiger charge is -2.17. The lowest BCUT2D eigenvalue weighted by Crippen LogP contribution is -2.30. The van der Waals surface area contributed by atoms with Crippen LogP contribution < -0.4 is 5.32 Å². The molecule has 0 radical (unpaired) electrons. The number of amides is 1. The number of carbonyl (C=O) groups excluding carboxylic acids is 1. The zero-order chi connectivity index (χ0) is 19.5. The van der Waals surface area contributed by atoms with Gasteiger partial charge in [-0.3, -0.25) is 4.79 Å². The maximum absolute atomic E-state index is 12.9. The van der Waals surface area contributed by atoms with Crippen LogP contribution >= 0.6 is 23.4 Å². The van der Waals surface area contributed by atoms with Crippen LogP contribution in [0.4, 0.5) is 0 Å². The molecule has 1 N–H and O–H groups in total. The summed E-state index contributed by atoms with van der Waals surface area (Å²) >= 11 is 7.45. The van der Waals surface area contributed by atoms with Crippen molar-refractivity contribution in [2.75, 3.05) is 0 Å². The summed E-state index contributed by atoms with van der Waals surface area (Å²) in [6.07, 6.45) is 2.12. The number of halogens is 1. The van der Waals surface area contributed by atoms with Gasteiger partial charge in [-0.05, 0) is 49.6 Å². The van der Waals surface area contributed by atoms with Gasteiger partial charge in [0.15, 0.2) is 11.0 Å². The number of nitrogens with zero attached hydrogens (tertiary/aromatic N) is 3. The number of aromatic nitrogens is 3. The van der Waals surface area contributed by atoms with Gasteiger partial charge in [-0.1, -0.05) is 53.7 Å². The van der Waals surface area contributed by atoms with Gasteiger partial charge in [0.1, 0.15) is 5.25 Å². The molecule has 1 aliphatic carbocycles. The summed E-state index contributed by atoms with van der Waals surface area (Å²) in [7, 11) is 0. The van der Waals surface area contributed by atoms with Crippen LogP contribution in [0.3, 0.4) is 0 Å². The highest BCUT2D eigenvalue weighted by molar-refractivity contribution is 8.00. The van der Waals surface area contributed by atoms with Crippen LogP contribution in [0, 0.1) is 0 Å². The van der Waals surface area contributed by atoms with Gasteiger partial charge in [-0.15, -0.1) is 10.2 Å². The highest BCUT2D eigenvalue weighted by Crippen LogP contribution is 2.37. The molecule has 0 saturated heterocycles. The van der Waals surface area contributed by atoms with Crippen molar-refractivity contribution in [3.05, 3.63) is 65.2 Å². The maximum Gasteiger partial charge on any atom is 0.238 e. The van der Waals surface area contributed by atoms with Crippen molar-refractivity contribution in [3.63, 3.8) is 0 Å². The minimum absolute atomic E-state index is 0.0254. The van der Waals surface area contributed by atoms with E-state index in [1.165, 1.54) is 11.8 Å². The van der Waals surface area contributed by atoms with Gasteiger partial charge < -0.3 is 9.88 Å². The van der Waals surface area contributed by atoms with Gasteiger partial charge in [0.2, 0.25) is 5.91 Å². The summed E-state index contributed by atoms with van der Waals surface area (Å²) in [5.74, 6) is 0.800. The lowest BCUT2D eigenvalue weighted by atomic mass is 10.1. The van der Waals surface area contributed by atoms with Gasteiger partial charge >= 0.3 is 0 Å². The standard InChI is InChI=1S/C21H21ClN4OS/c1-2-26-19(15-8-10-16(22)11-9-15)24-25-21(26)28-18(14-6-4-3-5-7-14)20(27)23-17-12-13-17/h3-11,17-18H,2,12-13H2,1H3,(H,23,27). The molecular weight excluding hydrogens is 392 g/mol. The first-order chi connectivity index (χ1) is 13.7. The zero-order valence-corrected chi connectivity index (χ0v) is 17.1. The van der Waals surface area contributed by atoms with E-state index in [1.807, 2.05) is 59.2 Å². The predicted octanol–water partition coefficient (Wildman–Crippen LogP) is 4.73. The monoisotopic (exact) mass is 412 g/mol. The van der Waals surface area contributed by atoms with E-state index >= 15 is 0 Å². The van der Waals surface area contributed by atoms with E-state index in [0.717, 1.165) is 34.9 Å². The van der Waals surface area contributed by atoms with Gasteiger partial charge in [-0.2, -0.15) is 0 Å². The Morgan fingerprint density at radius 1 is 1.18 bits per heavy atom. The number of nitrogens with one attached hydrogen (secondary N) is 1. The minimum atomic E-state index is -0.366. The lowest BCUT2D eigenvalue weighted by molar-refractivity contribution is -0.120. The zero-order valence-electron chi connectivity index (χ0n) is 15.5. The van der Waals surface area contributed by atoms with E-state index in [0.29, 0.717) is 17.6 Å². The van der Waals surface area contributed by atoms with Crippen LogP contribution in [0.5, 0.6) is 0 Å². The van der Waals surface area contributed by atoms with Gasteiger partial charge in [-0.25, -0.2) is 0 Å². The first-order valence-electron chi connectivity index (χ1n) is 9.37. The molecule has 3 aromatic rings. The first-order valence-corrected chi connectivity index (χ1v) is 10.6. The van der Waals surface area contributed by atoms with Crippen molar-refractivity contribution in [1.82, 2.24) is 20.1 Å². The molecule has 1 unspecified atom stereocenters. The Hall–Kier alpha value is -2.31. The molecule has 4 rings (SSSR count). The Kier molecular flexibility index (Phi) is 5.69. The third-order valence-electron chi connectivity index (χ3n) is 4.62. The summed E-state index contributed by atoms with van der Waals surface area (Å²) in [5, 5.41) is 12.9. The fourth-order valence-corrected chi connectivity index (χ4v) is 4.22. The predicted molar refractivity (Wildman–Crippen MR) is 112 cm³/mol. The quantitative estimate of drug-likeness (QED) is 0.570. The van der Waals surface area contributed by atoms with Gasteiger partial charge in [0.25, 0.3) is 0 Å². The van der Waals surface area contributed by atoms with Crippen LogP contribution in [-0.4, -0.2) is 26.7 Å². The fraction of sp³-hybridized carbons (Fsp3) is 0.286. The average molecular weight is 413 g/mol. The molecule has 1 amide bonds. The molecule has 144 valence electrons. The summed E-state index contributed by atoms with van der Waals surface area (Å²) < 4.78 is 2.04. The SMILES string of the molecule is CCn1c(SC(C(=O)NC2CC2)c2ccccc2)nnc1-c1ccc(Cl)cc1. The Bertz CT molecular complexity index is 954. The van der Waals surface area contributed by atoms with Crippen molar-refractivity contribution in [1.29, 1.82) is 0 Å². The molecule has 28 heavy (non-hydrogen) atoms. The van der Waals surface area contributed by atoms with Crippen molar-refractivity contribution < 1.29 is 4.79 Å². The summed E-state index contributed by atoms with van der Waals surface area (Å²) in [5.41, 5.74) is 1.91. The van der Waals surface area contributed by atoms with Crippen LogP contribution in [-0.2, 0) is 11.3 Å². The molecule has 7 heteroatoms.